The van der Waals surface area contributed by atoms with Gasteiger partial charge >= 0.3 is 0 Å². The van der Waals surface area contributed by atoms with Crippen molar-refractivity contribution in [3.63, 3.8) is 0 Å². The van der Waals surface area contributed by atoms with Gasteiger partial charge in [-0.3, -0.25) is 9.55 Å². The number of nitrogens with zero attached hydrogens (tertiary/aromatic N) is 3. The highest BCUT2D eigenvalue weighted by atomic mass is 32.2. The van der Waals surface area contributed by atoms with Crippen molar-refractivity contribution in [2.45, 2.75) is 15.2 Å². The number of benzene rings is 5. The van der Waals surface area contributed by atoms with Crippen molar-refractivity contribution in [1.82, 2.24) is 14.5 Å². The van der Waals surface area contributed by atoms with Crippen LogP contribution in [-0.2, 0) is 5.41 Å². The first-order valence-corrected chi connectivity index (χ1v) is 16.7. The third kappa shape index (κ3) is 3.76. The summed E-state index contributed by atoms with van der Waals surface area (Å²) in [5.41, 5.74) is 11.9. The Morgan fingerprint density at radius 3 is 1.96 bits per heavy atom. The number of rotatable bonds is 2. The van der Waals surface area contributed by atoms with Gasteiger partial charge in [0.05, 0.1) is 16.4 Å². The molecule has 0 saturated carbocycles. The lowest BCUT2D eigenvalue weighted by Gasteiger charge is -2.42. The van der Waals surface area contributed by atoms with E-state index in [1.165, 1.54) is 54.3 Å². The zero-order chi connectivity index (χ0) is 31.0. The molecule has 2 aliphatic rings. The standard InChI is InChI=1S/C43H27N3S/c1-2-10-34-28(9-1)16-17-29-18-19-31(26-37(29)43(34)35-11-3-5-13-40(35)47-41-14-6-4-12-36(41)43)30-20-21-38-32(25-30)33-27-44-24-22-39(33)46(38)42-15-7-8-23-45-42/h1-27H. The van der Waals surface area contributed by atoms with Crippen molar-refractivity contribution in [2.24, 2.45) is 0 Å². The summed E-state index contributed by atoms with van der Waals surface area (Å²) >= 11 is 1.88. The van der Waals surface area contributed by atoms with Gasteiger partial charge in [-0.2, -0.15) is 0 Å². The predicted molar refractivity (Wildman–Crippen MR) is 193 cm³/mol. The van der Waals surface area contributed by atoms with Crippen LogP contribution in [0.15, 0.2) is 162 Å². The van der Waals surface area contributed by atoms with E-state index in [0.717, 1.165) is 27.6 Å². The van der Waals surface area contributed by atoms with Crippen molar-refractivity contribution in [2.75, 3.05) is 0 Å². The summed E-state index contributed by atoms with van der Waals surface area (Å²) in [6.07, 6.45) is 10.3. The van der Waals surface area contributed by atoms with Gasteiger partial charge in [0, 0.05) is 39.2 Å². The van der Waals surface area contributed by atoms with E-state index in [2.05, 4.69) is 143 Å². The summed E-state index contributed by atoms with van der Waals surface area (Å²) in [6.45, 7) is 0. The molecule has 1 aliphatic heterocycles. The average molecular weight is 618 g/mol. The monoisotopic (exact) mass is 617 g/mol. The highest BCUT2D eigenvalue weighted by molar-refractivity contribution is 7.99. The highest BCUT2D eigenvalue weighted by Gasteiger charge is 2.46. The Balaban J connectivity index is 1.26. The Morgan fingerprint density at radius 1 is 0.511 bits per heavy atom. The highest BCUT2D eigenvalue weighted by Crippen LogP contribution is 2.58. The molecule has 0 unspecified atom stereocenters. The molecule has 0 atom stereocenters. The van der Waals surface area contributed by atoms with Crippen molar-refractivity contribution in [1.29, 1.82) is 0 Å². The molecular formula is C43H27N3S. The van der Waals surface area contributed by atoms with Gasteiger partial charge in [-0.15, -0.1) is 0 Å². The van der Waals surface area contributed by atoms with Crippen LogP contribution in [0, 0.1) is 0 Å². The Kier molecular flexibility index (Phi) is 5.72. The molecule has 8 aromatic rings. The van der Waals surface area contributed by atoms with E-state index in [4.69, 9.17) is 4.98 Å². The minimum atomic E-state index is -0.479. The van der Waals surface area contributed by atoms with Crippen LogP contribution >= 0.6 is 11.8 Å². The SMILES string of the molecule is C1=Cc2ccc(-c3ccc4c(c3)c3cnccc3n4-c3ccccn3)cc2C2(c3ccccc31)c1ccccc1Sc1ccccc12. The summed E-state index contributed by atoms with van der Waals surface area (Å²) in [5.74, 6) is 0.899. The van der Waals surface area contributed by atoms with Crippen molar-refractivity contribution >= 4 is 45.7 Å². The maximum Gasteiger partial charge on any atom is 0.137 e. The molecule has 1 spiro atoms. The van der Waals surface area contributed by atoms with E-state index in [-0.39, 0.29) is 0 Å². The lowest BCUT2D eigenvalue weighted by Crippen LogP contribution is -2.35. The normalized spacial score (nSPS) is 14.0. The Labute approximate surface area is 276 Å². The quantitative estimate of drug-likeness (QED) is 0.193. The van der Waals surface area contributed by atoms with Gasteiger partial charge in [-0.1, -0.05) is 109 Å². The molecule has 4 heterocycles. The van der Waals surface area contributed by atoms with Crippen LogP contribution in [0.2, 0.25) is 0 Å². The maximum atomic E-state index is 4.70. The van der Waals surface area contributed by atoms with E-state index in [9.17, 15) is 0 Å². The van der Waals surface area contributed by atoms with E-state index >= 15 is 0 Å². The first-order chi connectivity index (χ1) is 23.3. The molecule has 0 radical (unpaired) electrons. The van der Waals surface area contributed by atoms with Crippen molar-refractivity contribution in [3.8, 4) is 16.9 Å². The largest absolute Gasteiger partial charge is 0.294 e. The Bertz CT molecular complexity index is 2520. The minimum Gasteiger partial charge on any atom is -0.294 e. The molecule has 0 saturated heterocycles. The molecule has 4 heteroatoms. The molecule has 0 fully saturated rings. The molecule has 0 amide bonds. The van der Waals surface area contributed by atoms with Crippen LogP contribution in [0.4, 0.5) is 0 Å². The summed E-state index contributed by atoms with van der Waals surface area (Å²) < 4.78 is 2.23. The lowest BCUT2D eigenvalue weighted by molar-refractivity contribution is 0.701. The number of hydrogen-bond acceptors (Lipinski definition) is 3. The van der Waals surface area contributed by atoms with Gasteiger partial charge in [0.25, 0.3) is 0 Å². The topological polar surface area (TPSA) is 30.7 Å². The summed E-state index contributed by atoms with van der Waals surface area (Å²) in [6, 6.07) is 48.8. The van der Waals surface area contributed by atoms with Gasteiger partial charge in [0.1, 0.15) is 5.82 Å². The van der Waals surface area contributed by atoms with E-state index < -0.39 is 5.41 Å². The third-order valence-corrected chi connectivity index (χ3v) is 11.0. The zero-order valence-electron chi connectivity index (χ0n) is 25.3. The molecule has 3 nitrogen and oxygen atoms in total. The Morgan fingerprint density at radius 2 is 1.17 bits per heavy atom. The molecule has 220 valence electrons. The third-order valence-electron chi connectivity index (χ3n) is 9.84. The van der Waals surface area contributed by atoms with Gasteiger partial charge in [-0.05, 0) is 93.0 Å². The average Bonchev–Trinajstić information content (AvgIpc) is 3.39. The number of fused-ring (bicyclic) bond motifs is 11. The van der Waals surface area contributed by atoms with Crippen LogP contribution in [0.1, 0.15) is 33.4 Å². The molecule has 0 bridgehead atoms. The fraction of sp³-hybridized carbons (Fsp3) is 0.0233. The second kappa shape index (κ2) is 10.1. The van der Waals surface area contributed by atoms with Crippen LogP contribution in [0.3, 0.4) is 0 Å². The number of pyridine rings is 2. The fourth-order valence-electron chi connectivity index (χ4n) is 7.87. The second-order valence-corrected chi connectivity index (χ2v) is 13.3. The molecule has 5 aromatic carbocycles. The van der Waals surface area contributed by atoms with E-state index in [1.807, 2.05) is 42.5 Å². The van der Waals surface area contributed by atoms with Gasteiger partial charge in [0.15, 0.2) is 0 Å². The van der Waals surface area contributed by atoms with Crippen molar-refractivity contribution in [3.05, 3.63) is 185 Å². The molecule has 1 aliphatic carbocycles. The van der Waals surface area contributed by atoms with Crippen LogP contribution in [-0.4, -0.2) is 14.5 Å². The predicted octanol–water partition coefficient (Wildman–Crippen LogP) is 10.6. The summed E-state index contributed by atoms with van der Waals surface area (Å²) in [5, 5.41) is 2.28. The van der Waals surface area contributed by atoms with E-state index in [0.29, 0.717) is 0 Å². The smallest absolute Gasteiger partial charge is 0.137 e. The van der Waals surface area contributed by atoms with Crippen LogP contribution in [0.5, 0.6) is 0 Å². The maximum absolute atomic E-state index is 4.70. The fourth-order valence-corrected chi connectivity index (χ4v) is 9.06. The number of hydrogen-bond donors (Lipinski definition) is 0. The first-order valence-electron chi connectivity index (χ1n) is 15.9. The van der Waals surface area contributed by atoms with E-state index in [1.54, 1.807) is 0 Å². The molecular weight excluding hydrogens is 591 g/mol. The van der Waals surface area contributed by atoms with Gasteiger partial charge < -0.3 is 0 Å². The Hall–Kier alpha value is -5.71. The van der Waals surface area contributed by atoms with Gasteiger partial charge in [-0.25, -0.2) is 4.98 Å². The second-order valence-electron chi connectivity index (χ2n) is 12.2. The molecule has 47 heavy (non-hydrogen) atoms. The van der Waals surface area contributed by atoms with Crippen LogP contribution < -0.4 is 0 Å². The molecule has 3 aromatic heterocycles. The van der Waals surface area contributed by atoms with Gasteiger partial charge in [0.2, 0.25) is 0 Å². The molecule has 10 rings (SSSR count). The summed E-state index contributed by atoms with van der Waals surface area (Å²) in [7, 11) is 0. The minimum absolute atomic E-state index is 0.479. The number of aromatic nitrogens is 3. The van der Waals surface area contributed by atoms with Crippen LogP contribution in [0.25, 0.3) is 50.9 Å². The molecule has 0 N–H and O–H groups in total. The first kappa shape index (κ1) is 26.5. The van der Waals surface area contributed by atoms with Crippen molar-refractivity contribution < 1.29 is 0 Å². The summed E-state index contributed by atoms with van der Waals surface area (Å²) in [4.78, 5) is 11.8. The zero-order valence-corrected chi connectivity index (χ0v) is 26.2. The lowest BCUT2D eigenvalue weighted by atomic mass is 9.63.